The van der Waals surface area contributed by atoms with Gasteiger partial charge in [-0.25, -0.2) is 4.79 Å². The molecule has 0 N–H and O–H groups in total. The van der Waals surface area contributed by atoms with Gasteiger partial charge in [0.05, 0.1) is 0 Å². The lowest BCUT2D eigenvalue weighted by molar-refractivity contribution is -0.296. The summed E-state index contributed by atoms with van der Waals surface area (Å²) in [4.78, 5) is 10.1. The van der Waals surface area contributed by atoms with Gasteiger partial charge in [-0.3, -0.25) is 0 Å². The Kier molecular flexibility index (Phi) is 2.21. The molecule has 1 rings (SSSR count). The second kappa shape index (κ2) is 2.69. The minimum atomic E-state index is -6.02. The molecule has 10 heteroatoms. The lowest BCUT2D eigenvalue weighted by Gasteiger charge is -2.28. The van der Waals surface area contributed by atoms with E-state index < -0.39 is 29.1 Å². The van der Waals surface area contributed by atoms with Crippen molar-refractivity contribution >= 4 is 17.6 Å². The van der Waals surface area contributed by atoms with Crippen LogP contribution in [-0.2, 0) is 9.53 Å². The van der Waals surface area contributed by atoms with Crippen molar-refractivity contribution in [1.29, 1.82) is 0 Å². The molecule has 1 aliphatic rings. The van der Waals surface area contributed by atoms with Gasteiger partial charge in [0.25, 0.3) is 0 Å². The van der Waals surface area contributed by atoms with Crippen LogP contribution in [0.5, 0.6) is 0 Å². The molecule has 0 bridgehead atoms. The highest BCUT2D eigenvalue weighted by atomic mass is 35.5. The SMILES string of the molecule is O=C1O[C@@](Cl)(C(F)(F)F)C(F)(F)C1(F)F. The van der Waals surface area contributed by atoms with Gasteiger partial charge in [0.2, 0.25) is 0 Å². The molecule has 0 aromatic carbocycles. The Morgan fingerprint density at radius 2 is 1.53 bits per heavy atom. The number of hydrogen-bond donors (Lipinski definition) is 0. The third kappa shape index (κ3) is 1.21. The summed E-state index contributed by atoms with van der Waals surface area (Å²) in [5.41, 5.74) is 0. The maximum absolute atomic E-state index is 12.6. The van der Waals surface area contributed by atoms with Crippen LogP contribution >= 0.6 is 11.6 Å². The van der Waals surface area contributed by atoms with E-state index in [1.54, 1.807) is 0 Å². The first-order valence-corrected chi connectivity index (χ1v) is 3.50. The lowest BCUT2D eigenvalue weighted by Crippen LogP contribution is -2.57. The summed E-state index contributed by atoms with van der Waals surface area (Å²) in [6.07, 6.45) is -6.02. The van der Waals surface area contributed by atoms with Gasteiger partial charge in [0, 0.05) is 0 Å². The maximum atomic E-state index is 12.6. The molecule has 0 radical (unpaired) electrons. The van der Waals surface area contributed by atoms with Gasteiger partial charge in [-0.2, -0.15) is 30.7 Å². The normalized spacial score (nSPS) is 34.0. The number of rotatable bonds is 0. The number of ether oxygens (including phenoxy) is 1. The van der Waals surface area contributed by atoms with Crippen LogP contribution in [0.2, 0.25) is 0 Å². The standard InChI is InChI=1S/C5ClF7O2/c6-3(5(11,12)13)4(9,10)2(7,8)1(14)15-3/t3-/m1/s1. The van der Waals surface area contributed by atoms with Gasteiger partial charge in [-0.1, -0.05) is 11.6 Å². The molecule has 15 heavy (non-hydrogen) atoms. The summed E-state index contributed by atoms with van der Waals surface area (Å²) in [7, 11) is 0. The molecule has 0 aromatic rings. The van der Waals surface area contributed by atoms with Crippen LogP contribution in [0.1, 0.15) is 0 Å². The number of carbonyl (C=O) groups excluding carboxylic acids is 1. The number of carbonyl (C=O) groups is 1. The first kappa shape index (κ1) is 12.3. The minimum absolute atomic E-state index is 2.85. The average Bonchev–Trinajstić information content (AvgIpc) is 2.10. The molecule has 0 unspecified atom stereocenters. The molecule has 0 aromatic heterocycles. The summed E-state index contributed by atoms with van der Waals surface area (Å²) < 4.78 is 88.5. The monoisotopic (exact) mass is 260 g/mol. The quantitative estimate of drug-likeness (QED) is 0.379. The summed E-state index contributed by atoms with van der Waals surface area (Å²) in [6.45, 7) is 0. The van der Waals surface area contributed by atoms with Gasteiger partial charge in [-0.15, -0.1) is 0 Å². The molecular formula is C5ClF7O2. The number of cyclic esters (lactones) is 1. The fourth-order valence-electron chi connectivity index (χ4n) is 0.822. The van der Waals surface area contributed by atoms with E-state index in [1.807, 2.05) is 0 Å². The van der Waals surface area contributed by atoms with Crippen LogP contribution in [0.4, 0.5) is 30.7 Å². The van der Waals surface area contributed by atoms with Gasteiger partial charge in [0.1, 0.15) is 0 Å². The predicted octanol–water partition coefficient (Wildman–Crippen LogP) is 2.31. The largest absolute Gasteiger partial charge is 0.450 e. The van der Waals surface area contributed by atoms with E-state index in [4.69, 9.17) is 0 Å². The summed E-state index contributed by atoms with van der Waals surface area (Å²) in [5, 5.41) is -5.03. The van der Waals surface area contributed by atoms with Crippen LogP contribution in [-0.4, -0.2) is 29.1 Å². The van der Waals surface area contributed by atoms with Gasteiger partial charge in [0.15, 0.2) is 0 Å². The molecule has 0 amide bonds. The van der Waals surface area contributed by atoms with Gasteiger partial charge >= 0.3 is 29.1 Å². The van der Waals surface area contributed by atoms with Crippen LogP contribution in [0.25, 0.3) is 0 Å². The van der Waals surface area contributed by atoms with Crippen molar-refractivity contribution < 1.29 is 40.3 Å². The number of hydrogen-bond acceptors (Lipinski definition) is 2. The van der Waals surface area contributed by atoms with Crippen molar-refractivity contribution in [3.63, 3.8) is 0 Å². The molecule has 88 valence electrons. The Morgan fingerprint density at radius 3 is 1.67 bits per heavy atom. The maximum Gasteiger partial charge on any atom is 0.450 e. The predicted molar refractivity (Wildman–Crippen MR) is 30.6 cm³/mol. The van der Waals surface area contributed by atoms with E-state index in [2.05, 4.69) is 16.3 Å². The highest BCUT2D eigenvalue weighted by Gasteiger charge is 2.89. The van der Waals surface area contributed by atoms with Crippen molar-refractivity contribution in [2.45, 2.75) is 23.1 Å². The fourth-order valence-corrected chi connectivity index (χ4v) is 1.01. The third-order valence-corrected chi connectivity index (χ3v) is 2.18. The zero-order chi connectivity index (χ0) is 12.3. The highest BCUT2D eigenvalue weighted by molar-refractivity contribution is 6.26. The van der Waals surface area contributed by atoms with Crippen molar-refractivity contribution in [3.05, 3.63) is 0 Å². The molecule has 1 atom stereocenters. The van der Waals surface area contributed by atoms with Crippen molar-refractivity contribution in [1.82, 2.24) is 0 Å². The Balaban J connectivity index is 3.34. The number of esters is 1. The molecule has 1 aliphatic heterocycles. The van der Waals surface area contributed by atoms with Gasteiger partial charge < -0.3 is 4.74 Å². The topological polar surface area (TPSA) is 26.3 Å². The number of alkyl halides is 8. The Hall–Kier alpha value is -0.730. The van der Waals surface area contributed by atoms with Crippen LogP contribution in [0.15, 0.2) is 0 Å². The molecule has 1 heterocycles. The van der Waals surface area contributed by atoms with E-state index in [1.165, 1.54) is 0 Å². The molecule has 0 spiro atoms. The second-order valence-corrected chi connectivity index (χ2v) is 3.16. The smallest absolute Gasteiger partial charge is 0.422 e. The molecule has 2 nitrogen and oxygen atoms in total. The zero-order valence-corrected chi connectivity index (χ0v) is 7.10. The zero-order valence-electron chi connectivity index (χ0n) is 6.34. The van der Waals surface area contributed by atoms with Gasteiger partial charge in [-0.05, 0) is 0 Å². The van der Waals surface area contributed by atoms with E-state index in [0.29, 0.717) is 0 Å². The summed E-state index contributed by atoms with van der Waals surface area (Å²) in [5.74, 6) is -14.5. The van der Waals surface area contributed by atoms with Crippen LogP contribution in [0, 0.1) is 0 Å². The van der Waals surface area contributed by atoms with Crippen molar-refractivity contribution in [2.75, 3.05) is 0 Å². The van der Waals surface area contributed by atoms with E-state index in [9.17, 15) is 35.5 Å². The molecular weight excluding hydrogens is 260 g/mol. The van der Waals surface area contributed by atoms with Crippen molar-refractivity contribution in [2.24, 2.45) is 0 Å². The Bertz CT molecular complexity index is 311. The van der Waals surface area contributed by atoms with Crippen molar-refractivity contribution in [3.8, 4) is 0 Å². The lowest BCUT2D eigenvalue weighted by atomic mass is 10.1. The molecule has 0 saturated carbocycles. The number of halogens is 8. The van der Waals surface area contributed by atoms with E-state index >= 15 is 0 Å². The summed E-state index contributed by atoms with van der Waals surface area (Å²) in [6, 6.07) is 0. The van der Waals surface area contributed by atoms with E-state index in [-0.39, 0.29) is 0 Å². The minimum Gasteiger partial charge on any atom is -0.422 e. The first-order chi connectivity index (χ1) is 6.38. The Morgan fingerprint density at radius 1 is 1.13 bits per heavy atom. The Labute approximate surface area is 81.9 Å². The van der Waals surface area contributed by atoms with E-state index in [0.717, 1.165) is 0 Å². The first-order valence-electron chi connectivity index (χ1n) is 3.12. The molecule has 1 saturated heterocycles. The van der Waals surface area contributed by atoms with Crippen LogP contribution < -0.4 is 0 Å². The highest BCUT2D eigenvalue weighted by Crippen LogP contribution is 2.59. The fraction of sp³-hybridized carbons (Fsp3) is 0.800. The third-order valence-electron chi connectivity index (χ3n) is 1.65. The average molecular weight is 260 g/mol. The summed E-state index contributed by atoms with van der Waals surface area (Å²) >= 11 is 4.22. The van der Waals surface area contributed by atoms with Crippen LogP contribution in [0.3, 0.4) is 0 Å². The molecule has 0 aliphatic carbocycles. The second-order valence-electron chi connectivity index (χ2n) is 2.63. The molecule has 1 fully saturated rings.